The number of unbranched alkanes of at least 4 members (excludes halogenated alkanes) is 6. The van der Waals surface area contributed by atoms with E-state index in [1.165, 1.54) is 50.7 Å². The van der Waals surface area contributed by atoms with E-state index in [1.807, 2.05) is 12.1 Å². The summed E-state index contributed by atoms with van der Waals surface area (Å²) in [5, 5.41) is 20.8. The van der Waals surface area contributed by atoms with E-state index in [0.29, 0.717) is 17.9 Å². The first-order chi connectivity index (χ1) is 14.2. The molecule has 0 unspecified atom stereocenters. The van der Waals surface area contributed by atoms with E-state index in [0.717, 1.165) is 12.2 Å². The molecule has 2 rings (SSSR count). The molecular weight excluding hydrogens is 362 g/mol. The van der Waals surface area contributed by atoms with Crippen LogP contribution in [0.2, 0.25) is 0 Å². The van der Waals surface area contributed by atoms with Crippen LogP contribution in [-0.2, 0) is 0 Å². The zero-order chi connectivity index (χ0) is 20.9. The smallest absolute Gasteiger partial charge is 0.255 e. The molecule has 29 heavy (non-hydrogen) atoms. The summed E-state index contributed by atoms with van der Waals surface area (Å²) in [5.41, 5.74) is 1.49. The lowest BCUT2D eigenvalue weighted by Gasteiger charge is -2.09. The van der Waals surface area contributed by atoms with E-state index < -0.39 is 0 Å². The molecule has 0 aliphatic rings. The van der Waals surface area contributed by atoms with E-state index in [1.54, 1.807) is 30.3 Å². The van der Waals surface area contributed by atoms with E-state index in [9.17, 15) is 4.79 Å². The average molecular weight is 389 g/mol. The van der Waals surface area contributed by atoms with Crippen LogP contribution in [0.3, 0.4) is 0 Å². The zero-order valence-electron chi connectivity index (χ0n) is 16.9. The van der Waals surface area contributed by atoms with Crippen LogP contribution in [0.15, 0.2) is 42.5 Å². The van der Waals surface area contributed by atoms with Crippen LogP contribution in [0.25, 0.3) is 0 Å². The molecule has 0 saturated heterocycles. The van der Waals surface area contributed by atoms with Crippen molar-refractivity contribution in [3.63, 3.8) is 0 Å². The van der Waals surface area contributed by atoms with Crippen molar-refractivity contribution in [3.8, 4) is 17.9 Å². The molecule has 2 aromatic carbocycles. The molecule has 0 aliphatic heterocycles. The van der Waals surface area contributed by atoms with Gasteiger partial charge in [0.2, 0.25) is 0 Å². The molecule has 5 nitrogen and oxygen atoms in total. The van der Waals surface area contributed by atoms with Crippen molar-refractivity contribution in [3.05, 3.63) is 59.2 Å². The minimum Gasteiger partial charge on any atom is -0.494 e. The number of nitrogens with zero attached hydrogens (tertiary/aromatic N) is 2. The molecule has 0 aliphatic carbocycles. The van der Waals surface area contributed by atoms with Crippen LogP contribution in [0.5, 0.6) is 5.75 Å². The number of hydrogen-bond acceptors (Lipinski definition) is 4. The first kappa shape index (κ1) is 22.0. The normalized spacial score (nSPS) is 10.0. The maximum Gasteiger partial charge on any atom is 0.255 e. The predicted octanol–water partition coefficient (Wildman–Crippen LogP) is 5.81. The van der Waals surface area contributed by atoms with Crippen molar-refractivity contribution in [1.82, 2.24) is 0 Å². The van der Waals surface area contributed by atoms with Gasteiger partial charge in [-0.1, -0.05) is 45.4 Å². The largest absolute Gasteiger partial charge is 0.494 e. The lowest BCUT2D eigenvalue weighted by molar-refractivity contribution is 0.102. The summed E-state index contributed by atoms with van der Waals surface area (Å²) >= 11 is 0. The Hall–Kier alpha value is -3.31. The summed E-state index contributed by atoms with van der Waals surface area (Å²) in [6.45, 7) is 2.90. The van der Waals surface area contributed by atoms with Gasteiger partial charge in [0.05, 0.1) is 17.7 Å². The molecule has 0 aromatic heterocycles. The number of rotatable bonds is 11. The minimum atomic E-state index is -0.280. The third-order valence-corrected chi connectivity index (χ3v) is 4.65. The highest BCUT2D eigenvalue weighted by molar-refractivity contribution is 6.04. The van der Waals surface area contributed by atoms with Crippen LogP contribution < -0.4 is 10.1 Å². The van der Waals surface area contributed by atoms with Gasteiger partial charge in [-0.05, 0) is 48.9 Å². The van der Waals surface area contributed by atoms with Gasteiger partial charge in [0.1, 0.15) is 17.9 Å². The first-order valence-electron chi connectivity index (χ1n) is 10.2. The molecule has 0 spiro atoms. The number of anilines is 1. The highest BCUT2D eigenvalue weighted by Crippen LogP contribution is 2.18. The maximum atomic E-state index is 12.4. The number of ether oxygens (including phenoxy) is 1. The summed E-state index contributed by atoms with van der Waals surface area (Å²) in [6, 6.07) is 15.5. The molecule has 1 amide bonds. The van der Waals surface area contributed by atoms with Crippen molar-refractivity contribution in [2.24, 2.45) is 0 Å². The Bertz CT molecular complexity index is 876. The van der Waals surface area contributed by atoms with Crippen molar-refractivity contribution >= 4 is 11.6 Å². The summed E-state index contributed by atoms with van der Waals surface area (Å²) in [5.74, 6) is 0.467. The van der Waals surface area contributed by atoms with Crippen LogP contribution >= 0.6 is 0 Å². The molecule has 0 bridgehead atoms. The fourth-order valence-electron chi connectivity index (χ4n) is 2.97. The van der Waals surface area contributed by atoms with Crippen molar-refractivity contribution in [2.45, 2.75) is 51.9 Å². The van der Waals surface area contributed by atoms with Gasteiger partial charge in [-0.25, -0.2) is 0 Å². The second-order valence-electron chi connectivity index (χ2n) is 6.93. The SMILES string of the molecule is CCCCCCCCCOc1ccc(C(=O)Nc2ccc(C#N)c(C#N)c2)cc1. The molecular formula is C24H27N3O2. The zero-order valence-corrected chi connectivity index (χ0v) is 16.9. The molecule has 150 valence electrons. The van der Waals surface area contributed by atoms with Crippen molar-refractivity contribution < 1.29 is 9.53 Å². The second-order valence-corrected chi connectivity index (χ2v) is 6.93. The molecule has 0 heterocycles. The van der Waals surface area contributed by atoms with Gasteiger partial charge >= 0.3 is 0 Å². The van der Waals surface area contributed by atoms with Gasteiger partial charge in [0.25, 0.3) is 5.91 Å². The van der Waals surface area contributed by atoms with Gasteiger partial charge < -0.3 is 10.1 Å². The van der Waals surface area contributed by atoms with Crippen molar-refractivity contribution in [1.29, 1.82) is 10.5 Å². The van der Waals surface area contributed by atoms with E-state index >= 15 is 0 Å². The van der Waals surface area contributed by atoms with Crippen molar-refractivity contribution in [2.75, 3.05) is 11.9 Å². The molecule has 5 heteroatoms. The van der Waals surface area contributed by atoms with E-state index in [-0.39, 0.29) is 17.0 Å². The predicted molar refractivity (Wildman–Crippen MR) is 114 cm³/mol. The molecule has 0 radical (unpaired) electrons. The van der Waals surface area contributed by atoms with Gasteiger partial charge in [0.15, 0.2) is 0 Å². The number of carbonyl (C=O) groups is 1. The summed E-state index contributed by atoms with van der Waals surface area (Å²) in [6.07, 6.45) is 8.68. The summed E-state index contributed by atoms with van der Waals surface area (Å²) in [4.78, 5) is 12.4. The van der Waals surface area contributed by atoms with Gasteiger partial charge in [-0.2, -0.15) is 10.5 Å². The summed E-state index contributed by atoms with van der Waals surface area (Å²) < 4.78 is 5.74. The minimum absolute atomic E-state index is 0.236. The van der Waals surface area contributed by atoms with Crippen LogP contribution in [-0.4, -0.2) is 12.5 Å². The number of carbonyl (C=O) groups excluding carboxylic acids is 1. The quantitative estimate of drug-likeness (QED) is 0.491. The Morgan fingerprint density at radius 2 is 1.55 bits per heavy atom. The Morgan fingerprint density at radius 3 is 2.21 bits per heavy atom. The second kappa shape index (κ2) is 12.2. The topological polar surface area (TPSA) is 85.9 Å². The standard InChI is InChI=1S/C24H27N3O2/c1-2-3-4-5-6-7-8-15-29-23-13-10-19(11-14-23)24(28)27-22-12-9-20(17-25)21(16-22)18-26/h9-14,16H,2-8,15H2,1H3,(H,27,28). The summed E-state index contributed by atoms with van der Waals surface area (Å²) in [7, 11) is 0. The highest BCUT2D eigenvalue weighted by Gasteiger charge is 2.09. The van der Waals surface area contributed by atoms with Crippen LogP contribution in [0, 0.1) is 22.7 Å². The van der Waals surface area contributed by atoms with E-state index in [4.69, 9.17) is 15.3 Å². The number of nitriles is 2. The number of amides is 1. The Morgan fingerprint density at radius 1 is 0.897 bits per heavy atom. The Kier molecular flexibility index (Phi) is 9.25. The Labute approximate surface area is 172 Å². The molecule has 2 aromatic rings. The highest BCUT2D eigenvalue weighted by atomic mass is 16.5. The fraction of sp³-hybridized carbons (Fsp3) is 0.375. The van der Waals surface area contributed by atoms with Crippen LogP contribution in [0.4, 0.5) is 5.69 Å². The maximum absolute atomic E-state index is 12.4. The third-order valence-electron chi connectivity index (χ3n) is 4.65. The number of hydrogen-bond donors (Lipinski definition) is 1. The van der Waals surface area contributed by atoms with Gasteiger partial charge in [-0.15, -0.1) is 0 Å². The monoisotopic (exact) mass is 389 g/mol. The average Bonchev–Trinajstić information content (AvgIpc) is 2.75. The lowest BCUT2D eigenvalue weighted by Crippen LogP contribution is -2.12. The molecule has 0 saturated carbocycles. The Balaban J connectivity index is 1.79. The molecule has 1 N–H and O–H groups in total. The van der Waals surface area contributed by atoms with Gasteiger partial charge in [0, 0.05) is 11.3 Å². The lowest BCUT2D eigenvalue weighted by atomic mass is 10.1. The molecule has 0 fully saturated rings. The van der Waals surface area contributed by atoms with Gasteiger partial charge in [-0.3, -0.25) is 4.79 Å². The number of benzene rings is 2. The first-order valence-corrected chi connectivity index (χ1v) is 10.2. The fourth-order valence-corrected chi connectivity index (χ4v) is 2.97. The number of nitrogens with one attached hydrogen (secondary N) is 1. The van der Waals surface area contributed by atoms with E-state index in [2.05, 4.69) is 12.2 Å². The molecule has 0 atom stereocenters. The third kappa shape index (κ3) is 7.31. The van der Waals surface area contributed by atoms with Crippen LogP contribution in [0.1, 0.15) is 73.4 Å².